The quantitative estimate of drug-likeness (QED) is 0.252. The Kier molecular flexibility index (Phi) is 7.31. The van der Waals surface area contributed by atoms with Crippen molar-refractivity contribution in [1.29, 1.82) is 0 Å². The second-order valence-electron chi connectivity index (χ2n) is 8.66. The van der Waals surface area contributed by atoms with Gasteiger partial charge < -0.3 is 18.3 Å². The molecule has 0 N–H and O–H groups in total. The molecule has 2 fully saturated rings. The molecule has 1 aliphatic carbocycles. The Balaban J connectivity index is 0.972. The number of rotatable bonds is 10. The molecule has 1 aromatic carbocycles. The van der Waals surface area contributed by atoms with Gasteiger partial charge in [-0.1, -0.05) is 41.7 Å². The van der Waals surface area contributed by atoms with Crippen LogP contribution in [0.1, 0.15) is 30.9 Å². The molecule has 36 heavy (non-hydrogen) atoms. The Morgan fingerprint density at radius 3 is 2.31 bits per heavy atom. The van der Waals surface area contributed by atoms with E-state index in [1.54, 1.807) is 11.8 Å². The Bertz CT molecular complexity index is 1260. The highest BCUT2D eigenvalue weighted by Gasteiger charge is 2.39. The largest absolute Gasteiger partial charge is 0.411 e. The minimum atomic E-state index is -0.131. The van der Waals surface area contributed by atoms with Crippen LogP contribution in [-0.2, 0) is 9.47 Å². The fourth-order valence-electron chi connectivity index (χ4n) is 4.02. The Morgan fingerprint density at radius 2 is 1.56 bits per heavy atom. The van der Waals surface area contributed by atoms with Crippen molar-refractivity contribution < 1.29 is 18.3 Å². The lowest BCUT2D eigenvalue weighted by molar-refractivity contribution is -0.178. The van der Waals surface area contributed by atoms with Crippen LogP contribution in [-0.4, -0.2) is 56.4 Å². The van der Waals surface area contributed by atoms with Gasteiger partial charge in [0.2, 0.25) is 11.8 Å². The van der Waals surface area contributed by atoms with Crippen molar-refractivity contribution in [2.75, 3.05) is 24.7 Å². The molecule has 2 unspecified atom stereocenters. The zero-order valence-corrected chi connectivity index (χ0v) is 21.1. The normalized spacial score (nSPS) is 20.0. The monoisotopic (exact) mass is 523 g/mol. The summed E-state index contributed by atoms with van der Waals surface area (Å²) in [4.78, 5) is 4.67. The van der Waals surface area contributed by atoms with E-state index in [4.69, 9.17) is 18.3 Å². The first-order valence-electron chi connectivity index (χ1n) is 12.0. The maximum atomic E-state index is 5.81. The van der Waals surface area contributed by atoms with Crippen LogP contribution in [0.2, 0.25) is 0 Å². The first-order chi connectivity index (χ1) is 17.8. The number of benzene rings is 1. The number of aromatic nitrogens is 5. The Hall–Kier alpha value is -2.73. The third kappa shape index (κ3) is 5.80. The summed E-state index contributed by atoms with van der Waals surface area (Å²) in [6, 6.07) is 13.9. The molecule has 0 radical (unpaired) electrons. The van der Waals surface area contributed by atoms with Crippen LogP contribution in [0.25, 0.3) is 22.9 Å². The van der Waals surface area contributed by atoms with Gasteiger partial charge in [-0.05, 0) is 43.0 Å². The van der Waals surface area contributed by atoms with E-state index in [-0.39, 0.29) is 6.29 Å². The lowest BCUT2D eigenvalue weighted by Crippen LogP contribution is -2.25. The van der Waals surface area contributed by atoms with Crippen LogP contribution in [0.4, 0.5) is 0 Å². The van der Waals surface area contributed by atoms with E-state index in [2.05, 4.69) is 31.4 Å². The van der Waals surface area contributed by atoms with Crippen molar-refractivity contribution in [1.82, 2.24) is 25.4 Å². The van der Waals surface area contributed by atoms with Crippen molar-refractivity contribution >= 4 is 23.5 Å². The van der Waals surface area contributed by atoms with Crippen molar-refractivity contribution in [3.05, 3.63) is 54.4 Å². The number of ether oxygens (including phenoxy) is 2. The van der Waals surface area contributed by atoms with Crippen LogP contribution in [0.3, 0.4) is 0 Å². The fourth-order valence-corrected chi connectivity index (χ4v) is 5.70. The molecule has 1 saturated heterocycles. The van der Waals surface area contributed by atoms with E-state index >= 15 is 0 Å². The van der Waals surface area contributed by atoms with Gasteiger partial charge in [-0.15, -0.1) is 20.4 Å². The van der Waals surface area contributed by atoms with E-state index in [0.29, 0.717) is 34.1 Å². The molecule has 0 spiro atoms. The summed E-state index contributed by atoms with van der Waals surface area (Å²) >= 11 is 3.12. The standard InChI is InChI=1S/C25H25N5O4S2/c1-2-5-16(6-3-1)22-27-30-25(33-22)36-15-18-13-19(18)20-8-7-17(14-26-20)23-28-29-24(34-23)35-12-9-21-31-10-4-11-32-21/h1-3,5-8,14,18-19,21H,4,9-13,15H2. The van der Waals surface area contributed by atoms with E-state index in [0.717, 1.165) is 60.8 Å². The van der Waals surface area contributed by atoms with Gasteiger partial charge in [0.25, 0.3) is 10.4 Å². The number of hydrogen-bond donors (Lipinski definition) is 0. The van der Waals surface area contributed by atoms with Gasteiger partial charge in [0.05, 0.1) is 18.8 Å². The molecule has 11 heteroatoms. The van der Waals surface area contributed by atoms with Gasteiger partial charge in [-0.25, -0.2) is 0 Å². The van der Waals surface area contributed by atoms with E-state index < -0.39 is 0 Å². The molecule has 1 aliphatic heterocycles. The maximum absolute atomic E-state index is 5.81. The molecule has 186 valence electrons. The second-order valence-corrected chi connectivity index (χ2v) is 10.7. The fraction of sp³-hybridized carbons (Fsp3) is 0.400. The molecule has 3 aromatic heterocycles. The van der Waals surface area contributed by atoms with Crippen LogP contribution < -0.4 is 0 Å². The SMILES string of the molecule is c1ccc(-c2nnc(SCC3CC3c3ccc(-c4nnc(SCCC5OCCCO5)o4)cn3)o2)cc1. The summed E-state index contributed by atoms with van der Waals surface area (Å²) in [5.74, 6) is 3.74. The Labute approximate surface area is 216 Å². The van der Waals surface area contributed by atoms with Crippen molar-refractivity contribution in [2.45, 2.75) is 41.9 Å². The summed E-state index contributed by atoms with van der Waals surface area (Å²) in [6.07, 6.45) is 4.54. The van der Waals surface area contributed by atoms with E-state index in [1.807, 2.05) is 42.6 Å². The predicted molar refractivity (Wildman–Crippen MR) is 134 cm³/mol. The summed E-state index contributed by atoms with van der Waals surface area (Å²) < 4.78 is 22.7. The van der Waals surface area contributed by atoms with Crippen molar-refractivity contribution in [2.24, 2.45) is 5.92 Å². The van der Waals surface area contributed by atoms with Crippen LogP contribution in [0, 0.1) is 5.92 Å². The summed E-state index contributed by atoms with van der Waals surface area (Å²) in [6.45, 7) is 1.52. The van der Waals surface area contributed by atoms with Crippen LogP contribution in [0.5, 0.6) is 0 Å². The van der Waals surface area contributed by atoms with Gasteiger partial charge in [0.15, 0.2) is 6.29 Å². The molecule has 1 saturated carbocycles. The zero-order valence-electron chi connectivity index (χ0n) is 19.5. The smallest absolute Gasteiger partial charge is 0.276 e. The second kappa shape index (κ2) is 11.1. The Morgan fingerprint density at radius 1 is 0.806 bits per heavy atom. The average molecular weight is 524 g/mol. The van der Waals surface area contributed by atoms with E-state index in [9.17, 15) is 0 Å². The number of pyridine rings is 1. The molecule has 2 atom stereocenters. The minimum absolute atomic E-state index is 0.131. The van der Waals surface area contributed by atoms with Gasteiger partial charge in [0.1, 0.15) is 0 Å². The molecule has 4 heterocycles. The topological polar surface area (TPSA) is 109 Å². The first kappa shape index (κ1) is 23.7. The molecule has 4 aromatic rings. The van der Waals surface area contributed by atoms with Crippen LogP contribution >= 0.6 is 23.5 Å². The average Bonchev–Trinajstić information content (AvgIpc) is 3.31. The molecule has 0 bridgehead atoms. The third-order valence-electron chi connectivity index (χ3n) is 6.07. The minimum Gasteiger partial charge on any atom is -0.411 e. The molecule has 0 amide bonds. The molecule has 6 rings (SSSR count). The molecular weight excluding hydrogens is 498 g/mol. The van der Waals surface area contributed by atoms with Gasteiger partial charge in [-0.3, -0.25) is 4.98 Å². The van der Waals surface area contributed by atoms with Crippen molar-refractivity contribution in [3.8, 4) is 22.9 Å². The summed E-state index contributed by atoms with van der Waals surface area (Å²) in [5.41, 5.74) is 2.84. The highest BCUT2D eigenvalue weighted by Crippen LogP contribution is 2.49. The van der Waals surface area contributed by atoms with Gasteiger partial charge in [0, 0.05) is 41.3 Å². The third-order valence-corrected chi connectivity index (χ3v) is 7.92. The molecule has 9 nitrogen and oxygen atoms in total. The highest BCUT2D eigenvalue weighted by molar-refractivity contribution is 7.99. The lowest BCUT2D eigenvalue weighted by atomic mass is 10.2. The lowest BCUT2D eigenvalue weighted by Gasteiger charge is -2.22. The predicted octanol–water partition coefficient (Wildman–Crippen LogP) is 5.32. The first-order valence-corrected chi connectivity index (χ1v) is 14.0. The summed E-state index contributed by atoms with van der Waals surface area (Å²) in [7, 11) is 0. The van der Waals surface area contributed by atoms with E-state index in [1.165, 1.54) is 11.8 Å². The number of nitrogens with zero attached hydrogens (tertiary/aromatic N) is 5. The maximum Gasteiger partial charge on any atom is 0.276 e. The van der Waals surface area contributed by atoms with Gasteiger partial charge in [-0.2, -0.15) is 0 Å². The highest BCUT2D eigenvalue weighted by atomic mass is 32.2. The van der Waals surface area contributed by atoms with Gasteiger partial charge >= 0.3 is 0 Å². The molecular formula is C25H25N5O4S2. The molecule has 2 aliphatic rings. The zero-order chi connectivity index (χ0) is 24.2. The summed E-state index contributed by atoms with van der Waals surface area (Å²) in [5, 5.41) is 17.8. The number of thioether (sulfide) groups is 2. The van der Waals surface area contributed by atoms with Crippen molar-refractivity contribution in [3.63, 3.8) is 0 Å². The number of hydrogen-bond acceptors (Lipinski definition) is 11. The van der Waals surface area contributed by atoms with Crippen LogP contribution in [0.15, 0.2) is 67.9 Å².